The Morgan fingerprint density at radius 3 is 2.25 bits per heavy atom. The van der Waals surface area contributed by atoms with E-state index in [2.05, 4.69) is 21.2 Å². The molecule has 0 radical (unpaired) electrons. The number of amides is 1. The van der Waals surface area contributed by atoms with Gasteiger partial charge in [-0.3, -0.25) is 4.79 Å². The van der Waals surface area contributed by atoms with Crippen LogP contribution >= 0.6 is 15.9 Å². The van der Waals surface area contributed by atoms with Crippen LogP contribution < -0.4 is 5.32 Å². The normalized spacial score (nSPS) is 10.1. The molecule has 0 aromatic heterocycles. The Kier molecular flexibility index (Phi) is 4.14. The monoisotopic (exact) mass is 337 g/mol. The Labute approximate surface area is 122 Å². The Morgan fingerprint density at radius 2 is 1.70 bits per heavy atom. The molecule has 102 valence electrons. The maximum Gasteiger partial charge on any atom is 0.335 e. The zero-order chi connectivity index (χ0) is 14.7. The van der Waals surface area contributed by atoms with E-state index in [4.69, 9.17) is 5.11 Å². The molecule has 6 heteroatoms. The van der Waals surface area contributed by atoms with Gasteiger partial charge in [0.05, 0.1) is 5.56 Å². The van der Waals surface area contributed by atoms with E-state index < -0.39 is 17.7 Å². The molecule has 2 rings (SSSR count). The first-order chi connectivity index (χ1) is 9.45. The minimum absolute atomic E-state index is 0.122. The molecule has 0 saturated carbocycles. The molecular formula is C14H9BrFNO3. The maximum absolute atomic E-state index is 13.2. The van der Waals surface area contributed by atoms with E-state index in [-0.39, 0.29) is 11.1 Å². The Bertz CT molecular complexity index is 650. The van der Waals surface area contributed by atoms with Crippen LogP contribution in [0.5, 0.6) is 0 Å². The highest BCUT2D eigenvalue weighted by Crippen LogP contribution is 2.17. The van der Waals surface area contributed by atoms with Gasteiger partial charge in [-0.1, -0.05) is 15.9 Å². The SMILES string of the molecule is O=C(O)c1ccc(NC(=O)c2cc(F)cc(Br)c2)cc1. The van der Waals surface area contributed by atoms with Gasteiger partial charge in [0.1, 0.15) is 5.82 Å². The highest BCUT2D eigenvalue weighted by atomic mass is 79.9. The van der Waals surface area contributed by atoms with E-state index in [1.165, 1.54) is 36.4 Å². The molecule has 0 heterocycles. The van der Waals surface area contributed by atoms with Crippen molar-refractivity contribution >= 4 is 33.5 Å². The number of hydrogen-bond donors (Lipinski definition) is 2. The molecule has 0 atom stereocenters. The first-order valence-corrected chi connectivity index (χ1v) is 6.36. The Balaban J connectivity index is 2.16. The van der Waals surface area contributed by atoms with Crippen molar-refractivity contribution in [2.75, 3.05) is 5.32 Å². The second-order valence-electron chi connectivity index (χ2n) is 3.99. The summed E-state index contributed by atoms with van der Waals surface area (Å²) in [7, 11) is 0. The van der Waals surface area contributed by atoms with Crippen molar-refractivity contribution in [3.05, 3.63) is 63.9 Å². The molecule has 1 amide bonds. The first-order valence-electron chi connectivity index (χ1n) is 5.56. The number of hydrogen-bond acceptors (Lipinski definition) is 2. The number of halogens is 2. The molecule has 0 saturated heterocycles. The number of carbonyl (C=O) groups is 2. The van der Waals surface area contributed by atoms with Crippen LogP contribution in [-0.2, 0) is 0 Å². The van der Waals surface area contributed by atoms with Gasteiger partial charge in [-0.2, -0.15) is 0 Å². The van der Waals surface area contributed by atoms with Gasteiger partial charge in [0, 0.05) is 15.7 Å². The summed E-state index contributed by atoms with van der Waals surface area (Å²) in [6.07, 6.45) is 0. The molecule has 0 aliphatic rings. The topological polar surface area (TPSA) is 66.4 Å². The molecule has 0 aliphatic carbocycles. The molecule has 0 bridgehead atoms. The number of rotatable bonds is 3. The summed E-state index contributed by atoms with van der Waals surface area (Å²) in [6.45, 7) is 0. The minimum atomic E-state index is -1.04. The molecule has 2 aromatic carbocycles. The Hall–Kier alpha value is -2.21. The third kappa shape index (κ3) is 3.42. The predicted molar refractivity (Wildman–Crippen MR) is 75.5 cm³/mol. The first kappa shape index (κ1) is 14.2. The van der Waals surface area contributed by atoms with Crippen LogP contribution in [-0.4, -0.2) is 17.0 Å². The van der Waals surface area contributed by atoms with E-state index in [0.29, 0.717) is 10.2 Å². The fourth-order valence-corrected chi connectivity index (χ4v) is 2.05. The van der Waals surface area contributed by atoms with Crippen molar-refractivity contribution in [3.8, 4) is 0 Å². The van der Waals surface area contributed by atoms with Crippen molar-refractivity contribution in [2.24, 2.45) is 0 Å². The van der Waals surface area contributed by atoms with Gasteiger partial charge < -0.3 is 10.4 Å². The standard InChI is InChI=1S/C14H9BrFNO3/c15-10-5-9(6-11(16)7-10)13(18)17-12-3-1-8(2-4-12)14(19)20/h1-7H,(H,17,18)(H,19,20). The van der Waals surface area contributed by atoms with Crippen LogP contribution in [0.2, 0.25) is 0 Å². The summed E-state index contributed by atoms with van der Waals surface area (Å²) in [5.74, 6) is -2.05. The third-order valence-corrected chi connectivity index (χ3v) is 2.97. The van der Waals surface area contributed by atoms with Crippen LogP contribution in [0.25, 0.3) is 0 Å². The summed E-state index contributed by atoms with van der Waals surface area (Å²) in [6, 6.07) is 9.54. The molecule has 0 unspecified atom stereocenters. The molecule has 2 aromatic rings. The van der Waals surface area contributed by atoms with Gasteiger partial charge in [-0.15, -0.1) is 0 Å². The van der Waals surface area contributed by atoms with E-state index in [1.54, 1.807) is 0 Å². The van der Waals surface area contributed by atoms with Crippen molar-refractivity contribution in [1.82, 2.24) is 0 Å². The Morgan fingerprint density at radius 1 is 1.05 bits per heavy atom. The summed E-state index contributed by atoms with van der Waals surface area (Å²) < 4.78 is 13.7. The molecule has 2 N–H and O–H groups in total. The van der Waals surface area contributed by atoms with Crippen LogP contribution in [0, 0.1) is 5.82 Å². The lowest BCUT2D eigenvalue weighted by atomic mass is 10.2. The lowest BCUT2D eigenvalue weighted by molar-refractivity contribution is 0.0696. The van der Waals surface area contributed by atoms with E-state index in [0.717, 1.165) is 6.07 Å². The number of benzene rings is 2. The van der Waals surface area contributed by atoms with Gasteiger partial charge in [-0.25, -0.2) is 9.18 Å². The third-order valence-electron chi connectivity index (χ3n) is 2.51. The van der Waals surface area contributed by atoms with Crippen molar-refractivity contribution < 1.29 is 19.1 Å². The van der Waals surface area contributed by atoms with E-state index in [1.807, 2.05) is 0 Å². The van der Waals surface area contributed by atoms with Crippen LogP contribution in [0.15, 0.2) is 46.9 Å². The summed E-state index contributed by atoms with van der Waals surface area (Å²) >= 11 is 3.11. The highest BCUT2D eigenvalue weighted by molar-refractivity contribution is 9.10. The smallest absolute Gasteiger partial charge is 0.335 e. The molecule has 0 spiro atoms. The van der Waals surface area contributed by atoms with Gasteiger partial charge in [0.15, 0.2) is 0 Å². The average molecular weight is 338 g/mol. The molecule has 4 nitrogen and oxygen atoms in total. The predicted octanol–water partition coefficient (Wildman–Crippen LogP) is 3.54. The van der Waals surface area contributed by atoms with E-state index >= 15 is 0 Å². The fourth-order valence-electron chi connectivity index (χ4n) is 1.58. The second-order valence-corrected chi connectivity index (χ2v) is 4.91. The van der Waals surface area contributed by atoms with Gasteiger partial charge in [-0.05, 0) is 42.5 Å². The lowest BCUT2D eigenvalue weighted by Crippen LogP contribution is -2.12. The summed E-state index contributed by atoms with van der Waals surface area (Å²) in [5.41, 5.74) is 0.719. The highest BCUT2D eigenvalue weighted by Gasteiger charge is 2.09. The quantitative estimate of drug-likeness (QED) is 0.900. The van der Waals surface area contributed by atoms with Crippen LogP contribution in [0.1, 0.15) is 20.7 Å². The number of anilines is 1. The van der Waals surface area contributed by atoms with Crippen LogP contribution in [0.4, 0.5) is 10.1 Å². The lowest BCUT2D eigenvalue weighted by Gasteiger charge is -2.06. The van der Waals surface area contributed by atoms with Crippen molar-refractivity contribution in [2.45, 2.75) is 0 Å². The van der Waals surface area contributed by atoms with Crippen molar-refractivity contribution in [1.29, 1.82) is 0 Å². The van der Waals surface area contributed by atoms with Gasteiger partial charge >= 0.3 is 5.97 Å². The molecule has 0 aliphatic heterocycles. The summed E-state index contributed by atoms with van der Waals surface area (Å²) in [5, 5.41) is 11.3. The number of carbonyl (C=O) groups excluding carboxylic acids is 1. The minimum Gasteiger partial charge on any atom is -0.478 e. The number of carboxylic acid groups (broad SMARTS) is 1. The van der Waals surface area contributed by atoms with Gasteiger partial charge in [0.2, 0.25) is 0 Å². The number of carboxylic acids is 1. The zero-order valence-electron chi connectivity index (χ0n) is 10.1. The maximum atomic E-state index is 13.2. The molecule has 20 heavy (non-hydrogen) atoms. The van der Waals surface area contributed by atoms with Gasteiger partial charge in [0.25, 0.3) is 5.91 Å². The zero-order valence-corrected chi connectivity index (χ0v) is 11.6. The largest absolute Gasteiger partial charge is 0.478 e. The number of aromatic carboxylic acids is 1. The van der Waals surface area contributed by atoms with Crippen LogP contribution in [0.3, 0.4) is 0 Å². The average Bonchev–Trinajstić information content (AvgIpc) is 2.38. The summed E-state index contributed by atoms with van der Waals surface area (Å²) in [4.78, 5) is 22.6. The fraction of sp³-hybridized carbons (Fsp3) is 0. The van der Waals surface area contributed by atoms with Crippen molar-refractivity contribution in [3.63, 3.8) is 0 Å². The number of nitrogens with one attached hydrogen (secondary N) is 1. The molecule has 0 fully saturated rings. The molecular weight excluding hydrogens is 329 g/mol. The van der Waals surface area contributed by atoms with E-state index in [9.17, 15) is 14.0 Å². The second kappa shape index (κ2) is 5.83.